The Balaban J connectivity index is 2.98. The predicted molar refractivity (Wildman–Crippen MR) is 80.3 cm³/mol. The molecule has 5 heteroatoms. The number of carbonyl (C=O) groups excluding carboxylic acids is 1. The van der Waals surface area contributed by atoms with Gasteiger partial charge >= 0.3 is 0 Å². The molecule has 2 unspecified atom stereocenters. The van der Waals surface area contributed by atoms with Gasteiger partial charge < -0.3 is 20.5 Å². The Labute approximate surface area is 120 Å². The second kappa shape index (κ2) is 7.03. The van der Waals surface area contributed by atoms with Gasteiger partial charge in [0.15, 0.2) is 11.5 Å². The zero-order valence-corrected chi connectivity index (χ0v) is 12.8. The lowest BCUT2D eigenvalue weighted by Crippen LogP contribution is -2.37. The van der Waals surface area contributed by atoms with Gasteiger partial charge in [0, 0.05) is 17.8 Å². The van der Waals surface area contributed by atoms with E-state index in [-0.39, 0.29) is 11.9 Å². The number of anilines is 1. The first-order chi connectivity index (χ1) is 9.44. The van der Waals surface area contributed by atoms with E-state index in [4.69, 9.17) is 15.2 Å². The first-order valence-corrected chi connectivity index (χ1v) is 6.76. The van der Waals surface area contributed by atoms with Crippen molar-refractivity contribution >= 4 is 11.6 Å². The third kappa shape index (κ3) is 3.56. The SMILES string of the molecule is CCC(C)C(C)NC(=O)c1cc(OC)c(OC)cc1N. The van der Waals surface area contributed by atoms with Crippen molar-refractivity contribution in [2.75, 3.05) is 20.0 Å². The van der Waals surface area contributed by atoms with Crippen LogP contribution in [0, 0.1) is 5.92 Å². The molecule has 1 rings (SSSR count). The Morgan fingerprint density at radius 2 is 1.80 bits per heavy atom. The van der Waals surface area contributed by atoms with Gasteiger partial charge in [-0.1, -0.05) is 20.3 Å². The molecule has 1 amide bonds. The Morgan fingerprint density at radius 3 is 2.30 bits per heavy atom. The maximum Gasteiger partial charge on any atom is 0.253 e. The average Bonchev–Trinajstić information content (AvgIpc) is 2.45. The van der Waals surface area contributed by atoms with E-state index in [1.165, 1.54) is 14.2 Å². The smallest absolute Gasteiger partial charge is 0.253 e. The van der Waals surface area contributed by atoms with Crippen molar-refractivity contribution in [3.63, 3.8) is 0 Å². The van der Waals surface area contributed by atoms with Gasteiger partial charge in [0.1, 0.15) is 0 Å². The summed E-state index contributed by atoms with van der Waals surface area (Å²) in [5.41, 5.74) is 6.68. The molecular formula is C15H24N2O3. The summed E-state index contributed by atoms with van der Waals surface area (Å²) < 4.78 is 10.3. The zero-order valence-electron chi connectivity index (χ0n) is 12.8. The van der Waals surface area contributed by atoms with Crippen molar-refractivity contribution < 1.29 is 14.3 Å². The summed E-state index contributed by atoms with van der Waals surface area (Å²) in [6.07, 6.45) is 1.00. The minimum absolute atomic E-state index is 0.0833. The van der Waals surface area contributed by atoms with Crippen molar-refractivity contribution in [2.24, 2.45) is 5.92 Å². The summed E-state index contributed by atoms with van der Waals surface area (Å²) in [7, 11) is 3.06. The molecule has 0 aliphatic heterocycles. The molecule has 3 N–H and O–H groups in total. The molecule has 2 atom stereocenters. The number of hydrogen-bond acceptors (Lipinski definition) is 4. The number of hydrogen-bond donors (Lipinski definition) is 2. The number of amides is 1. The Hall–Kier alpha value is -1.91. The molecule has 0 aromatic heterocycles. The standard InChI is InChI=1S/C15H24N2O3/c1-6-9(2)10(3)17-15(18)11-7-13(19-4)14(20-5)8-12(11)16/h7-10H,6,16H2,1-5H3,(H,17,18). The second-order valence-corrected chi connectivity index (χ2v) is 4.94. The highest BCUT2D eigenvalue weighted by molar-refractivity contribution is 6.00. The van der Waals surface area contributed by atoms with E-state index >= 15 is 0 Å². The average molecular weight is 280 g/mol. The Morgan fingerprint density at radius 1 is 1.25 bits per heavy atom. The van der Waals surface area contributed by atoms with Crippen LogP contribution in [0.5, 0.6) is 11.5 Å². The van der Waals surface area contributed by atoms with Crippen molar-refractivity contribution in [3.05, 3.63) is 17.7 Å². The number of benzene rings is 1. The van der Waals surface area contributed by atoms with E-state index < -0.39 is 0 Å². The topological polar surface area (TPSA) is 73.6 Å². The van der Waals surface area contributed by atoms with Crippen LogP contribution in [0.15, 0.2) is 12.1 Å². The summed E-state index contributed by atoms with van der Waals surface area (Å²) in [5.74, 6) is 1.20. The van der Waals surface area contributed by atoms with E-state index in [1.807, 2.05) is 6.92 Å². The third-order valence-corrected chi connectivity index (χ3v) is 3.66. The van der Waals surface area contributed by atoms with Crippen LogP contribution in [0.3, 0.4) is 0 Å². The number of ether oxygens (including phenoxy) is 2. The zero-order chi connectivity index (χ0) is 15.3. The Kier molecular flexibility index (Phi) is 5.67. The monoisotopic (exact) mass is 280 g/mol. The van der Waals surface area contributed by atoms with Crippen molar-refractivity contribution in [3.8, 4) is 11.5 Å². The number of methoxy groups -OCH3 is 2. The maximum atomic E-state index is 12.3. The molecule has 1 aromatic rings. The first kappa shape index (κ1) is 16.1. The van der Waals surface area contributed by atoms with Crippen molar-refractivity contribution in [1.82, 2.24) is 5.32 Å². The van der Waals surface area contributed by atoms with E-state index in [0.717, 1.165) is 6.42 Å². The lowest BCUT2D eigenvalue weighted by molar-refractivity contribution is 0.0928. The third-order valence-electron chi connectivity index (χ3n) is 3.66. The highest BCUT2D eigenvalue weighted by Crippen LogP contribution is 2.31. The van der Waals surface area contributed by atoms with E-state index in [9.17, 15) is 4.79 Å². The van der Waals surface area contributed by atoms with E-state index in [2.05, 4.69) is 19.2 Å². The van der Waals surface area contributed by atoms with Gasteiger partial charge in [-0.2, -0.15) is 0 Å². The molecular weight excluding hydrogens is 256 g/mol. The van der Waals surface area contributed by atoms with Crippen LogP contribution in [0.4, 0.5) is 5.69 Å². The van der Waals surface area contributed by atoms with Crippen LogP contribution < -0.4 is 20.5 Å². The fraction of sp³-hybridized carbons (Fsp3) is 0.533. The molecule has 5 nitrogen and oxygen atoms in total. The van der Waals surface area contributed by atoms with Crippen LogP contribution >= 0.6 is 0 Å². The quantitative estimate of drug-likeness (QED) is 0.785. The fourth-order valence-electron chi connectivity index (χ4n) is 1.87. The molecule has 0 saturated heterocycles. The molecule has 0 bridgehead atoms. The number of carbonyl (C=O) groups is 1. The molecule has 20 heavy (non-hydrogen) atoms. The minimum atomic E-state index is -0.198. The van der Waals surface area contributed by atoms with Crippen molar-refractivity contribution in [1.29, 1.82) is 0 Å². The van der Waals surface area contributed by atoms with Gasteiger partial charge in [-0.05, 0) is 18.9 Å². The molecule has 0 aliphatic carbocycles. The molecule has 0 spiro atoms. The van der Waals surface area contributed by atoms with Crippen molar-refractivity contribution in [2.45, 2.75) is 33.2 Å². The lowest BCUT2D eigenvalue weighted by atomic mass is 10.0. The van der Waals surface area contributed by atoms with Crippen LogP contribution in [-0.4, -0.2) is 26.2 Å². The summed E-state index contributed by atoms with van der Waals surface area (Å²) in [6, 6.07) is 3.29. The molecule has 0 heterocycles. The molecule has 112 valence electrons. The van der Waals surface area contributed by atoms with Gasteiger partial charge in [0.2, 0.25) is 0 Å². The Bertz CT molecular complexity index is 474. The normalized spacial score (nSPS) is 13.4. The highest BCUT2D eigenvalue weighted by Gasteiger charge is 2.18. The highest BCUT2D eigenvalue weighted by atomic mass is 16.5. The van der Waals surface area contributed by atoms with E-state index in [0.29, 0.717) is 28.7 Å². The van der Waals surface area contributed by atoms with Gasteiger partial charge in [-0.3, -0.25) is 4.79 Å². The van der Waals surface area contributed by atoms with Crippen LogP contribution in [0.25, 0.3) is 0 Å². The summed E-state index contributed by atoms with van der Waals surface area (Å²) >= 11 is 0. The minimum Gasteiger partial charge on any atom is -0.493 e. The summed E-state index contributed by atoms with van der Waals surface area (Å²) in [5, 5.41) is 2.96. The number of nitrogens with one attached hydrogen (secondary N) is 1. The molecule has 0 saturated carbocycles. The number of rotatable bonds is 6. The lowest BCUT2D eigenvalue weighted by Gasteiger charge is -2.20. The maximum absolute atomic E-state index is 12.3. The van der Waals surface area contributed by atoms with Gasteiger partial charge in [-0.15, -0.1) is 0 Å². The van der Waals surface area contributed by atoms with Gasteiger partial charge in [0.25, 0.3) is 5.91 Å². The largest absolute Gasteiger partial charge is 0.493 e. The van der Waals surface area contributed by atoms with Gasteiger partial charge in [0.05, 0.1) is 19.8 Å². The number of nitrogens with two attached hydrogens (primary N) is 1. The van der Waals surface area contributed by atoms with Crippen LogP contribution in [-0.2, 0) is 0 Å². The molecule has 0 aliphatic rings. The molecule has 1 aromatic carbocycles. The fourth-order valence-corrected chi connectivity index (χ4v) is 1.87. The van der Waals surface area contributed by atoms with Crippen LogP contribution in [0.2, 0.25) is 0 Å². The van der Waals surface area contributed by atoms with Gasteiger partial charge in [-0.25, -0.2) is 0 Å². The second-order valence-electron chi connectivity index (χ2n) is 4.94. The summed E-state index contributed by atoms with van der Waals surface area (Å²) in [4.78, 5) is 12.3. The number of nitrogen functional groups attached to an aromatic ring is 1. The van der Waals surface area contributed by atoms with E-state index in [1.54, 1.807) is 12.1 Å². The predicted octanol–water partition coefficient (Wildman–Crippen LogP) is 2.45. The molecule has 0 radical (unpaired) electrons. The molecule has 0 fully saturated rings. The van der Waals surface area contributed by atoms with Crippen LogP contribution in [0.1, 0.15) is 37.6 Å². The summed E-state index contributed by atoms with van der Waals surface area (Å²) in [6.45, 7) is 6.18. The first-order valence-electron chi connectivity index (χ1n) is 6.76.